The van der Waals surface area contributed by atoms with Crippen molar-refractivity contribution in [2.75, 3.05) is 35.9 Å². The molecule has 1 aliphatic rings. The van der Waals surface area contributed by atoms with Gasteiger partial charge in [0.15, 0.2) is 0 Å². The first-order chi connectivity index (χ1) is 12.8. The van der Waals surface area contributed by atoms with E-state index in [0.29, 0.717) is 36.9 Å². The summed E-state index contributed by atoms with van der Waals surface area (Å²) in [5.41, 5.74) is 0.381. The maximum absolute atomic E-state index is 12.7. The molecule has 1 aromatic carbocycles. The maximum Gasteiger partial charge on any atom is 0.339 e. The summed E-state index contributed by atoms with van der Waals surface area (Å²) >= 11 is 6.00. The summed E-state index contributed by atoms with van der Waals surface area (Å²) in [5.74, 6) is -0.906. The van der Waals surface area contributed by atoms with Crippen molar-refractivity contribution in [1.82, 2.24) is 4.98 Å². The number of carbonyl (C=O) groups is 1. The Morgan fingerprint density at radius 3 is 2.70 bits per heavy atom. The van der Waals surface area contributed by atoms with Gasteiger partial charge in [0.25, 0.3) is 10.0 Å². The SMILES string of the molecule is Cc1c(Cl)cccc1S(=O)(=O)Nc1cnc(N2CCOCC2)c(C(=O)O)c1. The molecule has 1 aliphatic heterocycles. The van der Waals surface area contributed by atoms with Gasteiger partial charge >= 0.3 is 5.97 Å². The van der Waals surface area contributed by atoms with Gasteiger partial charge in [0.2, 0.25) is 0 Å². The lowest BCUT2D eigenvalue weighted by atomic mass is 10.2. The Morgan fingerprint density at radius 1 is 1.33 bits per heavy atom. The summed E-state index contributed by atoms with van der Waals surface area (Å²) < 4.78 is 33.0. The lowest BCUT2D eigenvalue weighted by Crippen LogP contribution is -2.37. The Balaban J connectivity index is 1.94. The third-order valence-electron chi connectivity index (χ3n) is 4.17. The second-order valence-corrected chi connectivity index (χ2v) is 8.03. The van der Waals surface area contributed by atoms with E-state index >= 15 is 0 Å². The third kappa shape index (κ3) is 4.15. The molecule has 2 N–H and O–H groups in total. The largest absolute Gasteiger partial charge is 0.478 e. The van der Waals surface area contributed by atoms with Gasteiger partial charge in [0, 0.05) is 18.1 Å². The van der Waals surface area contributed by atoms with Crippen LogP contribution >= 0.6 is 11.6 Å². The molecular formula is C17H18ClN3O5S. The minimum Gasteiger partial charge on any atom is -0.478 e. The fourth-order valence-electron chi connectivity index (χ4n) is 2.79. The van der Waals surface area contributed by atoms with Crippen molar-refractivity contribution in [3.63, 3.8) is 0 Å². The van der Waals surface area contributed by atoms with Crippen molar-refractivity contribution in [2.45, 2.75) is 11.8 Å². The fraction of sp³-hybridized carbons (Fsp3) is 0.294. The predicted octanol–water partition coefficient (Wildman–Crippen LogP) is 2.38. The number of carboxylic acid groups (broad SMARTS) is 1. The Bertz CT molecular complexity index is 975. The molecule has 0 spiro atoms. The van der Waals surface area contributed by atoms with Crippen molar-refractivity contribution in [3.05, 3.63) is 46.6 Å². The molecule has 144 valence electrons. The van der Waals surface area contributed by atoms with Crippen molar-refractivity contribution < 1.29 is 23.1 Å². The number of benzene rings is 1. The zero-order valence-electron chi connectivity index (χ0n) is 14.5. The molecule has 3 rings (SSSR count). The Hall–Kier alpha value is -2.36. The van der Waals surface area contributed by atoms with Crippen LogP contribution in [-0.4, -0.2) is 50.8 Å². The van der Waals surface area contributed by atoms with Crippen LogP contribution in [0.4, 0.5) is 11.5 Å². The molecule has 0 atom stereocenters. The number of anilines is 2. The number of aromatic nitrogens is 1. The number of rotatable bonds is 5. The van der Waals surface area contributed by atoms with Crippen LogP contribution in [-0.2, 0) is 14.8 Å². The summed E-state index contributed by atoms with van der Waals surface area (Å²) in [6.07, 6.45) is 1.30. The van der Waals surface area contributed by atoms with E-state index in [1.54, 1.807) is 17.9 Å². The van der Waals surface area contributed by atoms with Gasteiger partial charge in [0.1, 0.15) is 11.4 Å². The number of morpholine rings is 1. The summed E-state index contributed by atoms with van der Waals surface area (Å²) in [5, 5.41) is 9.85. The first-order valence-corrected chi connectivity index (χ1v) is 9.99. The number of nitrogens with one attached hydrogen (secondary N) is 1. The topological polar surface area (TPSA) is 109 Å². The van der Waals surface area contributed by atoms with Crippen molar-refractivity contribution >= 4 is 39.1 Å². The Kier molecular flexibility index (Phi) is 5.54. The highest BCUT2D eigenvalue weighted by Gasteiger charge is 2.23. The lowest BCUT2D eigenvalue weighted by Gasteiger charge is -2.28. The first-order valence-electron chi connectivity index (χ1n) is 8.13. The van der Waals surface area contributed by atoms with Crippen LogP contribution in [0.3, 0.4) is 0 Å². The normalized spacial score (nSPS) is 14.8. The van der Waals surface area contributed by atoms with E-state index in [1.165, 1.54) is 24.4 Å². The molecule has 1 aromatic heterocycles. The van der Waals surface area contributed by atoms with Gasteiger partial charge in [-0.15, -0.1) is 0 Å². The van der Waals surface area contributed by atoms with E-state index in [9.17, 15) is 18.3 Å². The van der Waals surface area contributed by atoms with Crippen LogP contribution in [0.2, 0.25) is 5.02 Å². The molecule has 0 saturated carbocycles. The number of hydrogen-bond donors (Lipinski definition) is 2. The fourth-order valence-corrected chi connectivity index (χ4v) is 4.32. The molecule has 0 bridgehead atoms. The third-order valence-corrected chi connectivity index (χ3v) is 6.10. The average molecular weight is 412 g/mol. The second kappa shape index (κ2) is 7.71. The van der Waals surface area contributed by atoms with Gasteiger partial charge in [-0.25, -0.2) is 18.2 Å². The van der Waals surface area contributed by atoms with E-state index in [1.807, 2.05) is 0 Å². The molecule has 0 aliphatic carbocycles. The zero-order valence-corrected chi connectivity index (χ0v) is 16.0. The van der Waals surface area contributed by atoms with Crippen LogP contribution in [0.25, 0.3) is 0 Å². The van der Waals surface area contributed by atoms with E-state index in [0.717, 1.165) is 0 Å². The van der Waals surface area contributed by atoms with E-state index in [2.05, 4.69) is 9.71 Å². The number of aromatic carboxylic acids is 1. The van der Waals surface area contributed by atoms with E-state index in [4.69, 9.17) is 16.3 Å². The number of pyridine rings is 1. The maximum atomic E-state index is 12.7. The standard InChI is InChI=1S/C17H18ClN3O5S/c1-11-14(18)3-2-4-15(11)27(24,25)20-12-9-13(17(22)23)16(19-10-12)21-5-7-26-8-6-21/h2-4,9-10,20H,5-8H2,1H3,(H,22,23). The molecule has 1 fully saturated rings. The average Bonchev–Trinajstić information content (AvgIpc) is 2.64. The van der Waals surface area contributed by atoms with E-state index in [-0.39, 0.29) is 22.0 Å². The molecule has 0 radical (unpaired) electrons. The summed E-state index contributed by atoms with van der Waals surface area (Å²) in [6, 6.07) is 5.82. The quantitative estimate of drug-likeness (QED) is 0.777. The molecular weight excluding hydrogens is 394 g/mol. The summed E-state index contributed by atoms with van der Waals surface area (Å²) in [7, 11) is -3.95. The second-order valence-electron chi connectivity index (χ2n) is 5.97. The predicted molar refractivity (Wildman–Crippen MR) is 101 cm³/mol. The number of nitrogens with zero attached hydrogens (tertiary/aromatic N) is 2. The molecule has 8 nitrogen and oxygen atoms in total. The number of hydrogen-bond acceptors (Lipinski definition) is 6. The monoisotopic (exact) mass is 411 g/mol. The highest BCUT2D eigenvalue weighted by molar-refractivity contribution is 7.92. The minimum absolute atomic E-state index is 0.0177. The first kappa shape index (κ1) is 19.4. The summed E-state index contributed by atoms with van der Waals surface area (Å²) in [6.45, 7) is 3.58. The van der Waals surface area contributed by atoms with Crippen molar-refractivity contribution in [2.24, 2.45) is 0 Å². The van der Waals surface area contributed by atoms with Gasteiger partial charge in [-0.2, -0.15) is 0 Å². The van der Waals surface area contributed by atoms with Gasteiger partial charge < -0.3 is 14.7 Å². The van der Waals surface area contributed by atoms with Crippen molar-refractivity contribution in [1.29, 1.82) is 0 Å². The van der Waals surface area contributed by atoms with Crippen LogP contribution in [0, 0.1) is 6.92 Å². The molecule has 0 unspecified atom stereocenters. The van der Waals surface area contributed by atoms with Gasteiger partial charge in [-0.05, 0) is 30.7 Å². The number of carboxylic acids is 1. The highest BCUT2D eigenvalue weighted by atomic mass is 35.5. The number of sulfonamides is 1. The van der Waals surface area contributed by atoms with Crippen LogP contribution < -0.4 is 9.62 Å². The van der Waals surface area contributed by atoms with E-state index < -0.39 is 16.0 Å². The molecule has 0 amide bonds. The number of halogens is 1. The van der Waals surface area contributed by atoms with Crippen LogP contribution in [0.15, 0.2) is 35.4 Å². The molecule has 27 heavy (non-hydrogen) atoms. The van der Waals surface area contributed by atoms with Gasteiger partial charge in [-0.1, -0.05) is 17.7 Å². The molecule has 2 heterocycles. The zero-order chi connectivity index (χ0) is 19.6. The smallest absolute Gasteiger partial charge is 0.339 e. The summed E-state index contributed by atoms with van der Waals surface area (Å²) in [4.78, 5) is 17.7. The van der Waals surface area contributed by atoms with Crippen LogP contribution in [0.1, 0.15) is 15.9 Å². The lowest BCUT2D eigenvalue weighted by molar-refractivity contribution is 0.0696. The van der Waals surface area contributed by atoms with Crippen molar-refractivity contribution in [3.8, 4) is 0 Å². The molecule has 10 heteroatoms. The molecule has 1 saturated heterocycles. The Labute approximate surface area is 161 Å². The minimum atomic E-state index is -3.95. The van der Waals surface area contributed by atoms with Gasteiger partial charge in [-0.3, -0.25) is 4.72 Å². The molecule has 2 aromatic rings. The Morgan fingerprint density at radius 2 is 2.04 bits per heavy atom. The number of ether oxygens (including phenoxy) is 1. The van der Waals surface area contributed by atoms with Gasteiger partial charge in [0.05, 0.1) is 30.0 Å². The van der Waals surface area contributed by atoms with Crippen LogP contribution in [0.5, 0.6) is 0 Å². The highest BCUT2D eigenvalue weighted by Crippen LogP contribution is 2.27.